The lowest BCUT2D eigenvalue weighted by Crippen LogP contribution is -1.99. The quantitative estimate of drug-likeness (QED) is 0.880. The number of hydrogen-bond donors (Lipinski definition) is 1. The molecule has 6 heteroatoms. The smallest absolute Gasteiger partial charge is 0.175 e. The van der Waals surface area contributed by atoms with Crippen LogP contribution in [0.3, 0.4) is 0 Å². The Balaban J connectivity index is 2.25. The molecule has 0 fully saturated rings. The molecule has 2 rings (SSSR count). The van der Waals surface area contributed by atoms with E-state index in [0.29, 0.717) is 5.69 Å². The van der Waals surface area contributed by atoms with Gasteiger partial charge >= 0.3 is 0 Å². The van der Waals surface area contributed by atoms with E-state index in [9.17, 15) is 8.42 Å². The average Bonchev–Trinajstić information content (AvgIpc) is 2.41. The summed E-state index contributed by atoms with van der Waals surface area (Å²) >= 11 is 1.48. The number of methoxy groups -OCH3 is 1. The second-order valence-corrected chi connectivity index (χ2v) is 7.38. The van der Waals surface area contributed by atoms with Crippen LogP contribution in [0, 0.1) is 0 Å². The Morgan fingerprint density at radius 1 is 1.10 bits per heavy atom. The van der Waals surface area contributed by atoms with Crippen molar-refractivity contribution in [3.63, 3.8) is 0 Å². The van der Waals surface area contributed by atoms with Crippen LogP contribution in [-0.4, -0.2) is 21.8 Å². The normalized spacial score (nSPS) is 11.3. The zero-order valence-electron chi connectivity index (χ0n) is 11.2. The van der Waals surface area contributed by atoms with Crippen molar-refractivity contribution < 1.29 is 13.2 Å². The summed E-state index contributed by atoms with van der Waals surface area (Å²) in [7, 11) is -1.61. The number of hydrogen-bond acceptors (Lipinski definition) is 5. The summed E-state index contributed by atoms with van der Waals surface area (Å²) in [5, 5.41) is 0. The molecule has 0 heterocycles. The first kappa shape index (κ1) is 14.7. The Kier molecular flexibility index (Phi) is 4.25. The van der Waals surface area contributed by atoms with Gasteiger partial charge < -0.3 is 10.5 Å². The van der Waals surface area contributed by atoms with Gasteiger partial charge in [0.1, 0.15) is 5.75 Å². The second kappa shape index (κ2) is 5.76. The van der Waals surface area contributed by atoms with Crippen LogP contribution in [0.4, 0.5) is 5.69 Å². The minimum absolute atomic E-state index is 0.231. The first-order valence-electron chi connectivity index (χ1n) is 5.81. The Morgan fingerprint density at radius 2 is 1.75 bits per heavy atom. The molecule has 0 bridgehead atoms. The molecule has 0 radical (unpaired) electrons. The molecular formula is C14H15NO3S2. The third-order valence-corrected chi connectivity index (χ3v) is 4.91. The number of nitrogen functional groups attached to an aromatic ring is 1. The van der Waals surface area contributed by atoms with E-state index in [1.807, 2.05) is 24.3 Å². The van der Waals surface area contributed by atoms with E-state index in [0.717, 1.165) is 21.8 Å². The van der Waals surface area contributed by atoms with Gasteiger partial charge in [-0.25, -0.2) is 8.42 Å². The third-order valence-electron chi connectivity index (χ3n) is 2.70. The van der Waals surface area contributed by atoms with E-state index in [-0.39, 0.29) is 4.90 Å². The molecule has 0 atom stereocenters. The van der Waals surface area contributed by atoms with Crippen LogP contribution in [0.25, 0.3) is 0 Å². The number of ether oxygens (including phenoxy) is 1. The van der Waals surface area contributed by atoms with Crippen LogP contribution in [-0.2, 0) is 9.84 Å². The van der Waals surface area contributed by atoms with Crippen LogP contribution in [0.15, 0.2) is 57.2 Å². The topological polar surface area (TPSA) is 69.4 Å². The minimum Gasteiger partial charge on any atom is -0.497 e. The summed E-state index contributed by atoms with van der Waals surface area (Å²) in [6.45, 7) is 0. The molecule has 0 unspecified atom stereocenters. The second-order valence-electron chi connectivity index (χ2n) is 4.25. The molecule has 0 aromatic heterocycles. The predicted molar refractivity (Wildman–Crippen MR) is 81.1 cm³/mol. The van der Waals surface area contributed by atoms with E-state index in [1.165, 1.54) is 17.8 Å². The highest BCUT2D eigenvalue weighted by molar-refractivity contribution is 7.99. The number of nitrogens with two attached hydrogens (primary N) is 1. The predicted octanol–water partition coefficient (Wildman–Crippen LogP) is 2.83. The fourth-order valence-corrected chi connectivity index (χ4v) is 3.12. The lowest BCUT2D eigenvalue weighted by atomic mass is 10.3. The van der Waals surface area contributed by atoms with Crippen molar-refractivity contribution in [1.29, 1.82) is 0 Å². The van der Waals surface area contributed by atoms with Crippen molar-refractivity contribution in [2.75, 3.05) is 19.1 Å². The summed E-state index contributed by atoms with van der Waals surface area (Å²) in [5.74, 6) is 0.787. The standard InChI is InChI=1S/C14H15NO3S2/c1-18-10-3-5-11(6-4-10)19-14-8-7-12(9-13(14)15)20(2,16)17/h3-9H,15H2,1-2H3. The lowest BCUT2D eigenvalue weighted by Gasteiger charge is -2.08. The number of sulfone groups is 1. The molecule has 0 aliphatic carbocycles. The molecule has 20 heavy (non-hydrogen) atoms. The van der Waals surface area contributed by atoms with Gasteiger partial charge in [0, 0.05) is 21.7 Å². The molecule has 0 saturated heterocycles. The summed E-state index contributed by atoms with van der Waals surface area (Å²) in [6.07, 6.45) is 1.16. The summed E-state index contributed by atoms with van der Waals surface area (Å²) < 4.78 is 28.0. The maximum atomic E-state index is 11.4. The molecular weight excluding hydrogens is 294 g/mol. The van der Waals surface area contributed by atoms with Gasteiger partial charge in [-0.15, -0.1) is 0 Å². The van der Waals surface area contributed by atoms with E-state index in [1.54, 1.807) is 19.2 Å². The van der Waals surface area contributed by atoms with Gasteiger partial charge in [-0.1, -0.05) is 11.8 Å². The van der Waals surface area contributed by atoms with Gasteiger partial charge in [0.05, 0.1) is 12.0 Å². The van der Waals surface area contributed by atoms with Gasteiger partial charge in [-0.2, -0.15) is 0 Å². The number of benzene rings is 2. The first-order valence-corrected chi connectivity index (χ1v) is 8.52. The Bertz CT molecular complexity index is 710. The maximum Gasteiger partial charge on any atom is 0.175 e. The van der Waals surface area contributed by atoms with Crippen LogP contribution in [0.5, 0.6) is 5.75 Å². The lowest BCUT2D eigenvalue weighted by molar-refractivity contribution is 0.414. The van der Waals surface area contributed by atoms with Gasteiger partial charge in [0.15, 0.2) is 9.84 Å². The van der Waals surface area contributed by atoms with Crippen LogP contribution >= 0.6 is 11.8 Å². The first-order chi connectivity index (χ1) is 9.40. The molecule has 2 aromatic carbocycles. The van der Waals surface area contributed by atoms with Crippen molar-refractivity contribution in [2.45, 2.75) is 14.7 Å². The Hall–Kier alpha value is -1.66. The molecule has 0 saturated carbocycles. The molecule has 4 nitrogen and oxygen atoms in total. The van der Waals surface area contributed by atoms with Crippen molar-refractivity contribution in [1.82, 2.24) is 0 Å². The fourth-order valence-electron chi connectivity index (χ4n) is 1.62. The largest absolute Gasteiger partial charge is 0.497 e. The molecule has 2 aromatic rings. The van der Waals surface area contributed by atoms with Crippen molar-refractivity contribution in [3.8, 4) is 5.75 Å². The molecule has 106 valence electrons. The Labute approximate surface area is 122 Å². The zero-order chi connectivity index (χ0) is 14.8. The Morgan fingerprint density at radius 3 is 2.25 bits per heavy atom. The molecule has 0 aliphatic heterocycles. The minimum atomic E-state index is -3.23. The maximum absolute atomic E-state index is 11.4. The van der Waals surface area contributed by atoms with Gasteiger partial charge in [0.2, 0.25) is 0 Å². The van der Waals surface area contributed by atoms with Crippen LogP contribution in [0.1, 0.15) is 0 Å². The third kappa shape index (κ3) is 3.46. The summed E-state index contributed by atoms with van der Waals surface area (Å²) in [6, 6.07) is 12.4. The molecule has 0 aliphatic rings. The monoisotopic (exact) mass is 309 g/mol. The SMILES string of the molecule is COc1ccc(Sc2ccc(S(C)(=O)=O)cc2N)cc1. The average molecular weight is 309 g/mol. The van der Waals surface area contributed by atoms with E-state index < -0.39 is 9.84 Å². The number of anilines is 1. The van der Waals surface area contributed by atoms with Crippen LogP contribution < -0.4 is 10.5 Å². The highest BCUT2D eigenvalue weighted by Crippen LogP contribution is 2.34. The highest BCUT2D eigenvalue weighted by Gasteiger charge is 2.10. The van der Waals surface area contributed by atoms with Gasteiger partial charge in [-0.05, 0) is 42.5 Å². The highest BCUT2D eigenvalue weighted by atomic mass is 32.2. The van der Waals surface area contributed by atoms with Crippen molar-refractivity contribution >= 4 is 27.3 Å². The fraction of sp³-hybridized carbons (Fsp3) is 0.143. The van der Waals surface area contributed by atoms with Gasteiger partial charge in [-0.3, -0.25) is 0 Å². The van der Waals surface area contributed by atoms with E-state index in [2.05, 4.69) is 0 Å². The van der Waals surface area contributed by atoms with E-state index in [4.69, 9.17) is 10.5 Å². The summed E-state index contributed by atoms with van der Waals surface area (Å²) in [5.41, 5.74) is 6.36. The number of rotatable bonds is 4. The van der Waals surface area contributed by atoms with Crippen molar-refractivity contribution in [3.05, 3.63) is 42.5 Å². The molecule has 0 spiro atoms. The molecule has 0 amide bonds. The van der Waals surface area contributed by atoms with Crippen molar-refractivity contribution in [2.24, 2.45) is 0 Å². The summed E-state index contributed by atoms with van der Waals surface area (Å²) in [4.78, 5) is 2.06. The zero-order valence-corrected chi connectivity index (χ0v) is 12.8. The van der Waals surface area contributed by atoms with Gasteiger partial charge in [0.25, 0.3) is 0 Å². The van der Waals surface area contributed by atoms with Crippen LogP contribution in [0.2, 0.25) is 0 Å². The molecule has 2 N–H and O–H groups in total. The van der Waals surface area contributed by atoms with E-state index >= 15 is 0 Å².